The van der Waals surface area contributed by atoms with E-state index in [-0.39, 0.29) is 5.75 Å². The van der Waals surface area contributed by atoms with E-state index in [1.807, 2.05) is 0 Å². The summed E-state index contributed by atoms with van der Waals surface area (Å²) < 4.78 is 31.4. The van der Waals surface area contributed by atoms with Gasteiger partial charge >= 0.3 is 6.61 Å². The van der Waals surface area contributed by atoms with E-state index in [9.17, 15) is 13.9 Å². The second kappa shape index (κ2) is 7.51. The molecule has 0 fully saturated rings. The molecular weight excluding hydrogens is 362 g/mol. The van der Waals surface area contributed by atoms with Gasteiger partial charge in [-0.1, -0.05) is 17.7 Å². The molecule has 28 heavy (non-hydrogen) atoms. The minimum atomic E-state index is -2.86. The summed E-state index contributed by atoms with van der Waals surface area (Å²) in [6.07, 6.45) is 4.13. The molecule has 0 bridgehead atoms. The first-order valence-electron chi connectivity index (χ1n) is 9.73. The third-order valence-corrected chi connectivity index (χ3v) is 5.62. The van der Waals surface area contributed by atoms with Gasteiger partial charge in [-0.3, -0.25) is 0 Å². The lowest BCUT2D eigenvalue weighted by molar-refractivity contribution is -0.658. The number of hydrogen-bond acceptors (Lipinski definition) is 3. The van der Waals surface area contributed by atoms with E-state index in [1.165, 1.54) is 17.7 Å². The highest BCUT2D eigenvalue weighted by atomic mass is 19.3. The average Bonchev–Trinajstić information content (AvgIpc) is 2.83. The molecule has 0 aliphatic carbocycles. The van der Waals surface area contributed by atoms with Crippen molar-refractivity contribution in [2.45, 2.75) is 44.9 Å². The lowest BCUT2D eigenvalue weighted by atomic mass is 10.0. The number of hydrogen-bond donors (Lipinski definition) is 1. The number of β-amino-alcohol motifs (C(OH)–C–C–N with tert-alkyl or cyclic N) is 1. The van der Waals surface area contributed by atoms with Crippen LogP contribution < -0.4 is 9.64 Å². The molecule has 1 unspecified atom stereocenters. The van der Waals surface area contributed by atoms with Crippen molar-refractivity contribution in [2.24, 2.45) is 0 Å². The molecule has 0 radical (unpaired) electrons. The van der Waals surface area contributed by atoms with Crippen LogP contribution in [-0.2, 0) is 5.72 Å². The summed E-state index contributed by atoms with van der Waals surface area (Å²) >= 11 is 0. The first-order valence-corrected chi connectivity index (χ1v) is 9.73. The van der Waals surface area contributed by atoms with Gasteiger partial charge in [0.15, 0.2) is 6.54 Å². The minimum absolute atomic E-state index is 0.0933. The van der Waals surface area contributed by atoms with Crippen LogP contribution in [0.1, 0.15) is 36.8 Å². The van der Waals surface area contributed by atoms with Gasteiger partial charge in [0.25, 0.3) is 11.6 Å². The molecule has 0 amide bonds. The Hall–Kier alpha value is -2.47. The maximum atomic E-state index is 12.4. The largest absolute Gasteiger partial charge is 0.435 e. The van der Waals surface area contributed by atoms with Gasteiger partial charge in [-0.2, -0.15) is 8.78 Å². The smallest absolute Gasteiger partial charge is 0.387 e. The lowest BCUT2D eigenvalue weighted by Gasteiger charge is -2.23. The molecule has 148 valence electrons. The maximum absolute atomic E-state index is 12.4. The van der Waals surface area contributed by atoms with E-state index in [0.29, 0.717) is 12.1 Å². The van der Waals surface area contributed by atoms with E-state index in [2.05, 4.69) is 45.4 Å². The Morgan fingerprint density at radius 1 is 1.04 bits per heavy atom. The quantitative estimate of drug-likeness (QED) is 0.797. The number of rotatable bonds is 4. The lowest BCUT2D eigenvalue weighted by Crippen LogP contribution is -2.41. The van der Waals surface area contributed by atoms with Crippen molar-refractivity contribution < 1.29 is 23.2 Å². The molecule has 1 N–H and O–H groups in total. The van der Waals surface area contributed by atoms with Crippen molar-refractivity contribution in [3.63, 3.8) is 0 Å². The van der Waals surface area contributed by atoms with Gasteiger partial charge in [0.05, 0.1) is 6.54 Å². The Kier molecular flexibility index (Phi) is 5.06. The molecule has 0 spiro atoms. The molecule has 4 rings (SSSR count). The number of alkyl halides is 2. The monoisotopic (exact) mass is 387 g/mol. The molecule has 6 heteroatoms. The van der Waals surface area contributed by atoms with Crippen molar-refractivity contribution in [1.29, 1.82) is 0 Å². The summed E-state index contributed by atoms with van der Waals surface area (Å²) in [5.74, 6) is 1.22. The van der Waals surface area contributed by atoms with E-state index in [1.54, 1.807) is 12.1 Å². The molecule has 2 aromatic carbocycles. The number of nitrogens with zero attached hydrogens (tertiary/aromatic N) is 2. The van der Waals surface area contributed by atoms with Crippen LogP contribution in [0.3, 0.4) is 0 Å². The van der Waals surface area contributed by atoms with Gasteiger partial charge in [0.2, 0.25) is 0 Å². The Morgan fingerprint density at radius 3 is 2.43 bits per heavy atom. The van der Waals surface area contributed by atoms with Crippen molar-refractivity contribution in [3.8, 4) is 5.75 Å². The number of ether oxygens (including phenoxy) is 1. The third-order valence-electron chi connectivity index (χ3n) is 5.62. The highest BCUT2D eigenvalue weighted by Gasteiger charge is 2.51. The van der Waals surface area contributed by atoms with Crippen LogP contribution in [0.15, 0.2) is 48.5 Å². The predicted octanol–water partition coefficient (Wildman–Crippen LogP) is 4.25. The van der Waals surface area contributed by atoms with Gasteiger partial charge in [-0.15, -0.1) is 0 Å². The van der Waals surface area contributed by atoms with Crippen molar-refractivity contribution in [3.05, 3.63) is 59.7 Å². The molecule has 2 heterocycles. The maximum Gasteiger partial charge on any atom is 0.387 e. The molecular formula is C22H25F2N2O2+. The second-order valence-electron chi connectivity index (χ2n) is 7.52. The standard InChI is InChI=1S/C22H25F2N2O2/c1-16-6-10-18(11-7-16)25-15-22(27,26-14-4-2-3-5-20(25)26)17-8-12-19(13-9-17)28-21(23)24/h6-13,21,27H,2-5,14-15H2,1H3/q+1. The molecule has 2 aromatic rings. The number of anilines is 1. The van der Waals surface area contributed by atoms with Crippen LogP contribution in [0.2, 0.25) is 0 Å². The Bertz CT molecular complexity index is 865. The van der Waals surface area contributed by atoms with E-state index < -0.39 is 12.3 Å². The van der Waals surface area contributed by atoms with Crippen LogP contribution in [0.25, 0.3) is 0 Å². The number of aliphatic hydroxyl groups is 1. The van der Waals surface area contributed by atoms with E-state index >= 15 is 0 Å². The normalized spacial score (nSPS) is 22.4. The zero-order chi connectivity index (χ0) is 19.7. The van der Waals surface area contributed by atoms with Crippen LogP contribution in [0.4, 0.5) is 14.5 Å². The van der Waals surface area contributed by atoms with Gasteiger partial charge < -0.3 is 9.84 Å². The molecule has 2 aliphatic heterocycles. The number of aryl methyl sites for hydroxylation is 1. The first-order chi connectivity index (χ1) is 13.5. The molecule has 1 atom stereocenters. The van der Waals surface area contributed by atoms with Crippen LogP contribution in [0, 0.1) is 6.92 Å². The van der Waals surface area contributed by atoms with Crippen molar-refractivity contribution in [2.75, 3.05) is 18.0 Å². The van der Waals surface area contributed by atoms with Crippen LogP contribution in [-0.4, -0.2) is 35.2 Å². The summed E-state index contributed by atoms with van der Waals surface area (Å²) in [5.41, 5.74) is 1.73. The Labute approximate surface area is 163 Å². The minimum Gasteiger partial charge on any atom is -0.435 e. The van der Waals surface area contributed by atoms with Gasteiger partial charge in [-0.25, -0.2) is 9.48 Å². The zero-order valence-corrected chi connectivity index (χ0v) is 15.9. The topological polar surface area (TPSA) is 35.7 Å². The second-order valence-corrected chi connectivity index (χ2v) is 7.52. The Morgan fingerprint density at radius 2 is 1.75 bits per heavy atom. The fourth-order valence-electron chi connectivity index (χ4n) is 4.19. The molecule has 4 nitrogen and oxygen atoms in total. The predicted molar refractivity (Wildman–Crippen MR) is 104 cm³/mol. The molecule has 2 aliphatic rings. The molecule has 0 aromatic heterocycles. The highest BCUT2D eigenvalue weighted by molar-refractivity contribution is 5.95. The summed E-state index contributed by atoms with van der Waals surface area (Å²) in [4.78, 5) is 2.19. The van der Waals surface area contributed by atoms with Crippen LogP contribution in [0.5, 0.6) is 5.75 Å². The van der Waals surface area contributed by atoms with Gasteiger partial charge in [0.1, 0.15) is 11.4 Å². The van der Waals surface area contributed by atoms with Gasteiger partial charge in [-0.05, 0) is 62.6 Å². The summed E-state index contributed by atoms with van der Waals surface area (Å²) in [6, 6.07) is 14.7. The summed E-state index contributed by atoms with van der Waals surface area (Å²) in [5, 5.41) is 11.7. The van der Waals surface area contributed by atoms with Gasteiger partial charge in [0, 0.05) is 12.0 Å². The fourth-order valence-corrected chi connectivity index (χ4v) is 4.19. The Balaban J connectivity index is 1.71. The first kappa shape index (κ1) is 18.9. The zero-order valence-electron chi connectivity index (χ0n) is 15.9. The third kappa shape index (κ3) is 3.49. The van der Waals surface area contributed by atoms with Crippen molar-refractivity contribution in [1.82, 2.24) is 0 Å². The summed E-state index contributed by atoms with van der Waals surface area (Å²) in [6.45, 7) is 0.366. The summed E-state index contributed by atoms with van der Waals surface area (Å²) in [7, 11) is 0. The van der Waals surface area contributed by atoms with Crippen LogP contribution >= 0.6 is 0 Å². The number of benzene rings is 2. The molecule has 0 saturated heterocycles. The van der Waals surface area contributed by atoms with E-state index in [0.717, 1.165) is 43.8 Å². The number of amidine groups is 1. The van der Waals surface area contributed by atoms with E-state index in [4.69, 9.17) is 0 Å². The average molecular weight is 387 g/mol. The highest BCUT2D eigenvalue weighted by Crippen LogP contribution is 2.36. The molecule has 0 saturated carbocycles. The number of halogens is 2. The SMILES string of the molecule is Cc1ccc(N2CC(O)(c3ccc(OC(F)F)cc3)[N+]3=C2CCCCC3)cc1. The van der Waals surface area contributed by atoms with Crippen molar-refractivity contribution >= 4 is 11.5 Å². The fraction of sp³-hybridized carbons (Fsp3) is 0.409.